The van der Waals surface area contributed by atoms with E-state index in [4.69, 9.17) is 4.74 Å². The van der Waals surface area contributed by atoms with E-state index < -0.39 is 5.60 Å². The number of carbonyl (C=O) groups is 1. The van der Waals surface area contributed by atoms with Crippen molar-refractivity contribution in [2.75, 3.05) is 33.2 Å². The van der Waals surface area contributed by atoms with Gasteiger partial charge in [0.2, 0.25) is 0 Å². The topological polar surface area (TPSA) is 36.0 Å². The van der Waals surface area contributed by atoms with Crippen LogP contribution in [0.5, 0.6) is 0 Å². The Morgan fingerprint density at radius 2 is 1.60 bits per heavy atom. The molecule has 0 radical (unpaired) electrons. The molecule has 1 fully saturated rings. The minimum atomic E-state index is -0.476. The maximum atomic E-state index is 12.9. The van der Waals surface area contributed by atoms with E-state index in [2.05, 4.69) is 74.9 Å². The summed E-state index contributed by atoms with van der Waals surface area (Å²) in [6.07, 6.45) is -0.199. The monoisotopic (exact) mass is 417 g/mol. The molecule has 170 valence electrons. The number of hydrogen-bond acceptors (Lipinski definition) is 4. The van der Waals surface area contributed by atoms with Crippen molar-refractivity contribution >= 4 is 6.09 Å². The molecule has 1 heterocycles. The molecule has 2 rings (SSSR count). The Morgan fingerprint density at radius 1 is 1.03 bits per heavy atom. The summed E-state index contributed by atoms with van der Waals surface area (Å²) < 4.78 is 5.71. The van der Waals surface area contributed by atoms with Gasteiger partial charge >= 0.3 is 6.09 Å². The maximum Gasteiger partial charge on any atom is 0.410 e. The van der Waals surface area contributed by atoms with E-state index >= 15 is 0 Å². The Labute approximate surface area is 184 Å². The molecule has 1 aliphatic heterocycles. The molecule has 1 unspecified atom stereocenters. The predicted octanol–water partition coefficient (Wildman–Crippen LogP) is 4.72. The molecule has 2 atom stereocenters. The minimum Gasteiger partial charge on any atom is -0.444 e. The van der Waals surface area contributed by atoms with Crippen LogP contribution < -0.4 is 0 Å². The Kier molecular flexibility index (Phi) is 8.74. The minimum absolute atomic E-state index is 0.117. The molecule has 5 heteroatoms. The molecule has 0 bridgehead atoms. The summed E-state index contributed by atoms with van der Waals surface area (Å²) >= 11 is 0. The van der Waals surface area contributed by atoms with Crippen LogP contribution in [0.4, 0.5) is 4.79 Å². The highest BCUT2D eigenvalue weighted by molar-refractivity contribution is 5.68. The van der Waals surface area contributed by atoms with Gasteiger partial charge < -0.3 is 14.5 Å². The van der Waals surface area contributed by atoms with E-state index in [0.717, 1.165) is 32.7 Å². The van der Waals surface area contributed by atoms with Crippen LogP contribution in [0, 0.1) is 11.8 Å². The Bertz CT molecular complexity index is 654. The summed E-state index contributed by atoms with van der Waals surface area (Å²) in [6, 6.07) is 11.3. The van der Waals surface area contributed by atoms with Gasteiger partial charge in [-0.15, -0.1) is 0 Å². The summed E-state index contributed by atoms with van der Waals surface area (Å²) in [7, 11) is 2.20. The first-order chi connectivity index (χ1) is 14.0. The quantitative estimate of drug-likeness (QED) is 0.613. The van der Waals surface area contributed by atoms with E-state index in [1.807, 2.05) is 25.7 Å². The van der Waals surface area contributed by atoms with E-state index in [1.54, 1.807) is 0 Å². The summed E-state index contributed by atoms with van der Waals surface area (Å²) in [6.45, 7) is 19.3. The summed E-state index contributed by atoms with van der Waals surface area (Å²) in [5.41, 5.74) is 0.873. The first kappa shape index (κ1) is 24.7. The van der Waals surface area contributed by atoms with E-state index in [9.17, 15) is 4.79 Å². The smallest absolute Gasteiger partial charge is 0.410 e. The van der Waals surface area contributed by atoms with Gasteiger partial charge in [0.05, 0.1) is 0 Å². The molecule has 0 aromatic heterocycles. The molecule has 0 aliphatic carbocycles. The van der Waals surface area contributed by atoms with Crippen LogP contribution in [0.2, 0.25) is 0 Å². The molecule has 1 aromatic carbocycles. The summed E-state index contributed by atoms with van der Waals surface area (Å²) in [4.78, 5) is 19.8. The van der Waals surface area contributed by atoms with Crippen molar-refractivity contribution < 1.29 is 9.53 Å². The lowest BCUT2D eigenvalue weighted by Crippen LogP contribution is -2.45. The largest absolute Gasteiger partial charge is 0.444 e. The van der Waals surface area contributed by atoms with Crippen LogP contribution in [0.15, 0.2) is 30.3 Å². The third-order valence-corrected chi connectivity index (χ3v) is 5.99. The first-order valence-electron chi connectivity index (χ1n) is 11.4. The normalized spacial score (nSPS) is 20.4. The average Bonchev–Trinajstić information content (AvgIpc) is 2.99. The van der Waals surface area contributed by atoms with Crippen LogP contribution in [-0.4, -0.2) is 71.7 Å². The van der Waals surface area contributed by atoms with Gasteiger partial charge in [0, 0.05) is 44.8 Å². The van der Waals surface area contributed by atoms with Crippen molar-refractivity contribution in [3.05, 3.63) is 35.9 Å². The molecular formula is C25H43N3O2. The van der Waals surface area contributed by atoms with Crippen LogP contribution >= 0.6 is 0 Å². The third kappa shape index (κ3) is 7.59. The lowest BCUT2D eigenvalue weighted by atomic mass is 9.94. The zero-order valence-corrected chi connectivity index (χ0v) is 20.4. The number of carbonyl (C=O) groups excluding carboxylic acids is 1. The maximum absolute atomic E-state index is 12.9. The second-order valence-corrected chi connectivity index (χ2v) is 10.5. The Hall–Kier alpha value is -1.59. The van der Waals surface area contributed by atoms with Crippen LogP contribution in [-0.2, 0) is 11.3 Å². The number of hydrogen-bond donors (Lipinski definition) is 0. The molecule has 0 saturated carbocycles. The highest BCUT2D eigenvalue weighted by Crippen LogP contribution is 2.28. The van der Waals surface area contributed by atoms with Crippen molar-refractivity contribution in [1.82, 2.24) is 14.7 Å². The van der Waals surface area contributed by atoms with Gasteiger partial charge in [-0.05, 0) is 72.9 Å². The summed E-state index contributed by atoms with van der Waals surface area (Å²) in [5, 5.41) is 0. The van der Waals surface area contributed by atoms with Crippen molar-refractivity contribution in [3.8, 4) is 0 Å². The van der Waals surface area contributed by atoms with Gasteiger partial charge in [-0.3, -0.25) is 4.90 Å². The number of amides is 1. The van der Waals surface area contributed by atoms with E-state index in [0.29, 0.717) is 17.9 Å². The van der Waals surface area contributed by atoms with Gasteiger partial charge in [0.25, 0.3) is 0 Å². The van der Waals surface area contributed by atoms with Crippen molar-refractivity contribution in [3.63, 3.8) is 0 Å². The van der Waals surface area contributed by atoms with Gasteiger partial charge in [-0.25, -0.2) is 4.79 Å². The summed E-state index contributed by atoms with van der Waals surface area (Å²) in [5.74, 6) is 0.967. The highest BCUT2D eigenvalue weighted by Gasteiger charge is 2.37. The molecule has 1 amide bonds. The number of rotatable bonds is 8. The lowest BCUT2D eigenvalue weighted by molar-refractivity contribution is 0.0140. The Morgan fingerprint density at radius 3 is 2.10 bits per heavy atom. The SMILES string of the molecule is CC(C)N(C)C[C@H]1CN(Cc2ccccc2)CC1CN(C(=O)OC(C)(C)C)C(C)C. The van der Waals surface area contributed by atoms with Crippen LogP contribution in [0.1, 0.15) is 54.0 Å². The second-order valence-electron chi connectivity index (χ2n) is 10.5. The first-order valence-corrected chi connectivity index (χ1v) is 11.4. The van der Waals surface area contributed by atoms with Crippen LogP contribution in [0.25, 0.3) is 0 Å². The number of likely N-dealkylation sites (tertiary alicyclic amines) is 1. The molecule has 0 N–H and O–H groups in total. The molecule has 30 heavy (non-hydrogen) atoms. The zero-order valence-electron chi connectivity index (χ0n) is 20.4. The zero-order chi connectivity index (χ0) is 22.5. The van der Waals surface area contributed by atoms with Gasteiger partial charge in [0.15, 0.2) is 0 Å². The second kappa shape index (κ2) is 10.6. The molecular weight excluding hydrogens is 374 g/mol. The lowest BCUT2D eigenvalue weighted by Gasteiger charge is -2.34. The van der Waals surface area contributed by atoms with Gasteiger partial charge in [0.1, 0.15) is 5.60 Å². The molecule has 1 saturated heterocycles. The molecule has 0 spiro atoms. The fourth-order valence-electron chi connectivity index (χ4n) is 4.07. The highest BCUT2D eigenvalue weighted by atomic mass is 16.6. The number of ether oxygens (including phenoxy) is 1. The predicted molar refractivity (Wildman–Crippen MR) is 125 cm³/mol. The fraction of sp³-hybridized carbons (Fsp3) is 0.720. The fourth-order valence-corrected chi connectivity index (χ4v) is 4.07. The Balaban J connectivity index is 2.13. The van der Waals surface area contributed by atoms with Crippen LogP contribution in [0.3, 0.4) is 0 Å². The van der Waals surface area contributed by atoms with Gasteiger partial charge in [-0.2, -0.15) is 0 Å². The van der Waals surface area contributed by atoms with Crippen molar-refractivity contribution in [2.45, 2.75) is 72.7 Å². The molecule has 1 aliphatic rings. The number of nitrogens with zero attached hydrogens (tertiary/aromatic N) is 3. The molecule has 5 nitrogen and oxygen atoms in total. The standard InChI is InChI=1S/C25H43N3O2/c1-19(2)26(8)15-22-16-27(14-21-12-10-9-11-13-21)17-23(22)18-28(20(3)4)24(29)30-25(5,6)7/h9-13,19-20,22-23H,14-18H2,1-8H3/t22-,23?/m0/s1. The number of benzene rings is 1. The van der Waals surface area contributed by atoms with Crippen molar-refractivity contribution in [1.29, 1.82) is 0 Å². The van der Waals surface area contributed by atoms with Gasteiger partial charge in [-0.1, -0.05) is 30.3 Å². The average molecular weight is 418 g/mol. The van der Waals surface area contributed by atoms with Crippen molar-refractivity contribution in [2.24, 2.45) is 11.8 Å². The van der Waals surface area contributed by atoms with E-state index in [1.165, 1.54) is 5.56 Å². The van der Waals surface area contributed by atoms with E-state index in [-0.39, 0.29) is 12.1 Å². The third-order valence-electron chi connectivity index (χ3n) is 5.99. The molecule has 1 aromatic rings.